The summed E-state index contributed by atoms with van der Waals surface area (Å²) in [5.74, 6) is -0.113. The van der Waals surface area contributed by atoms with Crippen molar-refractivity contribution in [2.75, 3.05) is 0 Å². The van der Waals surface area contributed by atoms with Crippen LogP contribution >= 0.6 is 0 Å². The van der Waals surface area contributed by atoms with Gasteiger partial charge in [0, 0.05) is 16.5 Å². The summed E-state index contributed by atoms with van der Waals surface area (Å²) in [6.07, 6.45) is -0.742. The zero-order valence-corrected chi connectivity index (χ0v) is 17.2. The van der Waals surface area contributed by atoms with Crippen LogP contribution in [-0.2, 0) is 10.2 Å². The molecular weight excluding hydrogens is 368 g/mol. The number of aryl methyl sites for hydroxylation is 1. The number of rotatable bonds is 5. The summed E-state index contributed by atoms with van der Waals surface area (Å²) in [7, 11) is 0. The normalized spacial score (nSPS) is 12.4. The maximum Gasteiger partial charge on any atom is 0.339 e. The van der Waals surface area contributed by atoms with Gasteiger partial charge in [-0.25, -0.2) is 4.79 Å². The maximum atomic E-state index is 12.9. The Labute approximate surface area is 169 Å². The van der Waals surface area contributed by atoms with Crippen LogP contribution in [0.2, 0.25) is 0 Å². The predicted octanol–water partition coefficient (Wildman–Crippen LogP) is 4.82. The monoisotopic (exact) mass is 392 g/mol. The molecular formula is C23H24N2O4. The van der Waals surface area contributed by atoms with Gasteiger partial charge in [-0.2, -0.15) is 4.98 Å². The summed E-state index contributed by atoms with van der Waals surface area (Å²) >= 11 is 0. The molecule has 0 unspecified atom stereocenters. The van der Waals surface area contributed by atoms with Gasteiger partial charge in [0.2, 0.25) is 0 Å². The number of benzene rings is 2. The van der Waals surface area contributed by atoms with Crippen molar-refractivity contribution in [3.05, 3.63) is 82.5 Å². The van der Waals surface area contributed by atoms with Gasteiger partial charge in [-0.05, 0) is 19.9 Å². The summed E-state index contributed by atoms with van der Waals surface area (Å²) in [6.45, 7) is 9.49. The van der Waals surface area contributed by atoms with Gasteiger partial charge in [-0.1, -0.05) is 74.0 Å². The molecule has 6 heteroatoms. The van der Waals surface area contributed by atoms with Crippen molar-refractivity contribution in [2.24, 2.45) is 0 Å². The smallest absolute Gasteiger partial charge is 0.339 e. The van der Waals surface area contributed by atoms with E-state index in [2.05, 4.69) is 10.1 Å². The van der Waals surface area contributed by atoms with E-state index in [1.807, 2.05) is 39.8 Å². The molecule has 0 N–H and O–H groups in total. The molecule has 2 aromatic carbocycles. The van der Waals surface area contributed by atoms with E-state index in [0.717, 1.165) is 5.56 Å². The lowest BCUT2D eigenvalue weighted by atomic mass is 9.96. The number of nitrogens with zero attached hydrogens (tertiary/aromatic N) is 2. The number of ketones is 1. The quantitative estimate of drug-likeness (QED) is 0.457. The van der Waals surface area contributed by atoms with Crippen molar-refractivity contribution in [2.45, 2.75) is 46.1 Å². The van der Waals surface area contributed by atoms with Crippen LogP contribution in [0.25, 0.3) is 0 Å². The number of carbonyl (C=O) groups is 2. The molecule has 0 saturated carbocycles. The topological polar surface area (TPSA) is 82.3 Å². The standard InChI is InChI=1S/C23H24N2O4/c1-14-10-12-16(13-11-14)19(26)17-8-6-7-9-18(17)21(27)28-15(2)20-24-22(25-29-20)23(3,4)5/h6-13,15H,1-5H3/t15-/m0/s1. The predicted molar refractivity (Wildman–Crippen MR) is 108 cm³/mol. The molecule has 3 rings (SSSR count). The minimum Gasteiger partial charge on any atom is -0.449 e. The Morgan fingerprint density at radius 3 is 2.21 bits per heavy atom. The van der Waals surface area contributed by atoms with Crippen molar-refractivity contribution in [1.29, 1.82) is 0 Å². The Morgan fingerprint density at radius 2 is 1.62 bits per heavy atom. The fraction of sp³-hybridized carbons (Fsp3) is 0.304. The van der Waals surface area contributed by atoms with Crippen LogP contribution in [0, 0.1) is 6.92 Å². The van der Waals surface area contributed by atoms with Gasteiger partial charge in [0.05, 0.1) is 5.56 Å². The number of aromatic nitrogens is 2. The molecule has 1 heterocycles. The number of carbonyl (C=O) groups excluding carboxylic acids is 2. The molecule has 1 atom stereocenters. The molecule has 29 heavy (non-hydrogen) atoms. The average Bonchev–Trinajstić information content (AvgIpc) is 3.19. The Morgan fingerprint density at radius 1 is 1.00 bits per heavy atom. The highest BCUT2D eigenvalue weighted by Gasteiger charge is 2.26. The lowest BCUT2D eigenvalue weighted by molar-refractivity contribution is 0.0263. The fourth-order valence-electron chi connectivity index (χ4n) is 2.70. The molecule has 0 radical (unpaired) electrons. The van der Waals surface area contributed by atoms with Gasteiger partial charge in [0.1, 0.15) is 0 Å². The van der Waals surface area contributed by atoms with E-state index in [1.54, 1.807) is 43.3 Å². The van der Waals surface area contributed by atoms with E-state index in [4.69, 9.17) is 9.26 Å². The van der Waals surface area contributed by atoms with Gasteiger partial charge in [0.15, 0.2) is 17.7 Å². The van der Waals surface area contributed by atoms with Crippen molar-refractivity contribution in [3.63, 3.8) is 0 Å². The molecule has 3 aromatic rings. The van der Waals surface area contributed by atoms with Gasteiger partial charge in [-0.3, -0.25) is 4.79 Å². The molecule has 150 valence electrons. The van der Waals surface area contributed by atoms with E-state index in [0.29, 0.717) is 11.4 Å². The van der Waals surface area contributed by atoms with Crippen LogP contribution in [0.3, 0.4) is 0 Å². The van der Waals surface area contributed by atoms with Gasteiger partial charge < -0.3 is 9.26 Å². The molecule has 1 aromatic heterocycles. The first-order valence-electron chi connectivity index (χ1n) is 9.42. The highest BCUT2D eigenvalue weighted by Crippen LogP contribution is 2.24. The molecule has 0 spiro atoms. The second kappa shape index (κ2) is 7.99. The van der Waals surface area contributed by atoms with Gasteiger partial charge in [-0.15, -0.1) is 0 Å². The van der Waals surface area contributed by atoms with Gasteiger partial charge >= 0.3 is 5.97 Å². The summed E-state index contributed by atoms with van der Waals surface area (Å²) in [6, 6.07) is 13.8. The second-order valence-corrected chi connectivity index (χ2v) is 7.99. The Balaban J connectivity index is 1.82. The third kappa shape index (κ3) is 4.59. The summed E-state index contributed by atoms with van der Waals surface area (Å²) in [5, 5.41) is 3.95. The third-order valence-electron chi connectivity index (χ3n) is 4.45. The summed E-state index contributed by atoms with van der Waals surface area (Å²) in [4.78, 5) is 30.0. The number of ether oxygens (including phenoxy) is 1. The van der Waals surface area contributed by atoms with Crippen molar-refractivity contribution < 1.29 is 18.8 Å². The first-order valence-corrected chi connectivity index (χ1v) is 9.42. The fourth-order valence-corrected chi connectivity index (χ4v) is 2.70. The van der Waals surface area contributed by atoms with Crippen LogP contribution in [0.1, 0.15) is 77.4 Å². The lowest BCUT2D eigenvalue weighted by Gasteiger charge is -2.13. The minimum atomic E-state index is -0.742. The van der Waals surface area contributed by atoms with E-state index >= 15 is 0 Å². The van der Waals surface area contributed by atoms with Crippen molar-refractivity contribution in [1.82, 2.24) is 10.1 Å². The lowest BCUT2D eigenvalue weighted by Crippen LogP contribution is -2.16. The van der Waals surface area contributed by atoms with Crippen molar-refractivity contribution in [3.8, 4) is 0 Å². The first-order chi connectivity index (χ1) is 13.7. The number of hydrogen-bond donors (Lipinski definition) is 0. The Kier molecular flexibility index (Phi) is 5.64. The summed E-state index contributed by atoms with van der Waals surface area (Å²) < 4.78 is 10.7. The number of hydrogen-bond acceptors (Lipinski definition) is 6. The number of esters is 1. The van der Waals surface area contributed by atoms with Crippen molar-refractivity contribution >= 4 is 11.8 Å². The molecule has 0 saturated heterocycles. The molecule has 0 aliphatic carbocycles. The van der Waals surface area contributed by atoms with Crippen LogP contribution in [0.4, 0.5) is 0 Å². The molecule has 0 amide bonds. The first kappa shape index (κ1) is 20.5. The SMILES string of the molecule is Cc1ccc(C(=O)c2ccccc2C(=O)O[C@@H](C)c2nc(C(C)(C)C)no2)cc1. The highest BCUT2D eigenvalue weighted by atomic mass is 16.6. The van der Waals surface area contributed by atoms with E-state index in [9.17, 15) is 9.59 Å². The second-order valence-electron chi connectivity index (χ2n) is 7.99. The zero-order valence-electron chi connectivity index (χ0n) is 17.2. The van der Waals surface area contributed by atoms with E-state index < -0.39 is 12.1 Å². The Bertz CT molecular complexity index is 1030. The third-order valence-corrected chi connectivity index (χ3v) is 4.45. The van der Waals surface area contributed by atoms with Crippen LogP contribution in [0.15, 0.2) is 53.1 Å². The minimum absolute atomic E-state index is 0.195. The molecule has 6 nitrogen and oxygen atoms in total. The average molecular weight is 392 g/mol. The van der Waals surface area contributed by atoms with Crippen LogP contribution in [-0.4, -0.2) is 21.9 Å². The van der Waals surface area contributed by atoms with E-state index in [1.165, 1.54) is 0 Å². The zero-order chi connectivity index (χ0) is 21.2. The van der Waals surface area contributed by atoms with Crippen LogP contribution < -0.4 is 0 Å². The van der Waals surface area contributed by atoms with Gasteiger partial charge in [0.25, 0.3) is 5.89 Å². The highest BCUT2D eigenvalue weighted by molar-refractivity contribution is 6.14. The Hall–Kier alpha value is -3.28. The molecule has 0 bridgehead atoms. The molecule has 0 aliphatic rings. The van der Waals surface area contributed by atoms with E-state index in [-0.39, 0.29) is 28.2 Å². The summed E-state index contributed by atoms with van der Waals surface area (Å²) in [5.41, 5.74) is 1.77. The van der Waals surface area contributed by atoms with Crippen LogP contribution in [0.5, 0.6) is 0 Å². The largest absolute Gasteiger partial charge is 0.449 e. The molecule has 0 aliphatic heterocycles. The molecule has 0 fully saturated rings. The maximum absolute atomic E-state index is 12.9.